The van der Waals surface area contributed by atoms with Gasteiger partial charge >= 0.3 is 0 Å². The Hall–Kier alpha value is -1.33. The molecule has 2 aromatic rings. The first-order valence-corrected chi connectivity index (χ1v) is 7.01. The topological polar surface area (TPSA) is 57.8 Å². The quantitative estimate of drug-likeness (QED) is 0.884. The average molecular weight is 284 g/mol. The maximum atomic E-state index is 11.4. The number of aromatic nitrogens is 2. The van der Waals surface area contributed by atoms with Crippen LogP contribution in [0.25, 0.3) is 0 Å². The van der Waals surface area contributed by atoms with Gasteiger partial charge in [-0.2, -0.15) is 5.10 Å². The van der Waals surface area contributed by atoms with Crippen molar-refractivity contribution in [3.05, 3.63) is 44.0 Å². The smallest absolute Gasteiger partial charge is 0.285 e. The van der Waals surface area contributed by atoms with Crippen LogP contribution in [0.3, 0.4) is 0 Å². The van der Waals surface area contributed by atoms with Crippen LogP contribution in [0.5, 0.6) is 0 Å². The Morgan fingerprint density at radius 2 is 2.44 bits per heavy atom. The predicted molar refractivity (Wildman–Crippen MR) is 75.5 cm³/mol. The minimum Gasteiger partial charge on any atom is -0.375 e. The monoisotopic (exact) mass is 283 g/mol. The molecule has 2 rings (SSSR count). The molecule has 1 atom stereocenters. The van der Waals surface area contributed by atoms with Crippen molar-refractivity contribution in [1.29, 1.82) is 0 Å². The molecular formula is C12H14ClN3OS. The van der Waals surface area contributed by atoms with Gasteiger partial charge in [0.1, 0.15) is 5.02 Å². The van der Waals surface area contributed by atoms with E-state index in [1.54, 1.807) is 17.5 Å². The highest BCUT2D eigenvalue weighted by atomic mass is 35.5. The van der Waals surface area contributed by atoms with Crippen molar-refractivity contribution in [2.24, 2.45) is 0 Å². The van der Waals surface area contributed by atoms with Crippen LogP contribution in [0, 0.1) is 0 Å². The summed E-state index contributed by atoms with van der Waals surface area (Å²) < 4.78 is 0. The van der Waals surface area contributed by atoms with Gasteiger partial charge < -0.3 is 5.32 Å². The summed E-state index contributed by atoms with van der Waals surface area (Å²) >= 11 is 7.64. The van der Waals surface area contributed by atoms with Gasteiger partial charge in [-0.3, -0.25) is 4.79 Å². The fourth-order valence-corrected chi connectivity index (χ4v) is 2.69. The lowest BCUT2D eigenvalue weighted by Gasteiger charge is -2.18. The number of anilines is 1. The van der Waals surface area contributed by atoms with Gasteiger partial charge in [0.15, 0.2) is 0 Å². The van der Waals surface area contributed by atoms with E-state index in [1.807, 2.05) is 11.4 Å². The number of nitrogens with one attached hydrogen (secondary N) is 2. The van der Waals surface area contributed by atoms with Crippen LogP contribution < -0.4 is 10.9 Å². The van der Waals surface area contributed by atoms with E-state index < -0.39 is 0 Å². The highest BCUT2D eigenvalue weighted by molar-refractivity contribution is 7.10. The Morgan fingerprint density at radius 1 is 1.61 bits per heavy atom. The summed E-state index contributed by atoms with van der Waals surface area (Å²) in [6.45, 7) is 2.12. The molecule has 96 valence electrons. The molecule has 0 saturated carbocycles. The standard InChI is InChI=1S/C12H14ClN3OS/c1-2-4-8(10-5-3-6-18-10)15-9-7-14-16-12(17)11(9)13/h3,5-8H,2,4H2,1H3,(H2,15,16,17). The molecular weight excluding hydrogens is 270 g/mol. The van der Waals surface area contributed by atoms with Gasteiger partial charge in [-0.1, -0.05) is 31.0 Å². The summed E-state index contributed by atoms with van der Waals surface area (Å²) in [6.07, 6.45) is 3.56. The molecule has 0 aliphatic heterocycles. The molecule has 2 heterocycles. The molecule has 0 bridgehead atoms. The number of thiophene rings is 1. The lowest BCUT2D eigenvalue weighted by atomic mass is 10.1. The van der Waals surface area contributed by atoms with E-state index in [0.29, 0.717) is 5.69 Å². The molecule has 2 N–H and O–H groups in total. The third-order valence-electron chi connectivity index (χ3n) is 2.59. The van der Waals surface area contributed by atoms with Crippen LogP contribution >= 0.6 is 22.9 Å². The first kappa shape index (κ1) is 13.1. The van der Waals surface area contributed by atoms with Gasteiger partial charge in [0.25, 0.3) is 5.56 Å². The molecule has 0 saturated heterocycles. The Labute approximate surface area is 114 Å². The van der Waals surface area contributed by atoms with Crippen molar-refractivity contribution in [1.82, 2.24) is 10.2 Å². The zero-order valence-corrected chi connectivity index (χ0v) is 11.5. The van der Waals surface area contributed by atoms with Crippen LogP contribution in [0.2, 0.25) is 5.02 Å². The summed E-state index contributed by atoms with van der Waals surface area (Å²) in [7, 11) is 0. The molecule has 0 radical (unpaired) electrons. The van der Waals surface area contributed by atoms with Gasteiger partial charge in [0.05, 0.1) is 17.9 Å². The third kappa shape index (κ3) is 2.91. The van der Waals surface area contributed by atoms with E-state index in [4.69, 9.17) is 11.6 Å². The molecule has 0 aliphatic carbocycles. The van der Waals surface area contributed by atoms with E-state index in [1.165, 1.54) is 4.88 Å². The normalized spacial score (nSPS) is 12.3. The van der Waals surface area contributed by atoms with Crippen LogP contribution in [0.15, 0.2) is 28.5 Å². The number of hydrogen-bond donors (Lipinski definition) is 2. The molecule has 0 spiro atoms. The van der Waals surface area contributed by atoms with Crippen molar-refractivity contribution in [2.45, 2.75) is 25.8 Å². The SMILES string of the molecule is CCCC(Nc1cn[nH]c(=O)c1Cl)c1cccs1. The number of rotatable bonds is 5. The molecule has 6 heteroatoms. The second kappa shape index (κ2) is 6.02. The first-order valence-electron chi connectivity index (χ1n) is 5.75. The summed E-state index contributed by atoms with van der Waals surface area (Å²) in [5.74, 6) is 0. The molecule has 18 heavy (non-hydrogen) atoms. The highest BCUT2D eigenvalue weighted by Crippen LogP contribution is 2.28. The summed E-state index contributed by atoms with van der Waals surface area (Å²) in [6, 6.07) is 4.25. The summed E-state index contributed by atoms with van der Waals surface area (Å²) in [5.41, 5.74) is 0.204. The maximum Gasteiger partial charge on any atom is 0.285 e. The molecule has 1 unspecified atom stereocenters. The summed E-state index contributed by atoms with van der Waals surface area (Å²) in [5, 5.41) is 11.5. The maximum absolute atomic E-state index is 11.4. The lowest BCUT2D eigenvalue weighted by molar-refractivity contribution is 0.686. The fraction of sp³-hybridized carbons (Fsp3) is 0.333. The van der Waals surface area contributed by atoms with E-state index in [0.717, 1.165) is 12.8 Å². The van der Waals surface area contributed by atoms with Crippen LogP contribution in [-0.4, -0.2) is 10.2 Å². The third-order valence-corrected chi connectivity index (χ3v) is 3.95. The molecule has 4 nitrogen and oxygen atoms in total. The summed E-state index contributed by atoms with van der Waals surface area (Å²) in [4.78, 5) is 12.6. The molecule has 0 fully saturated rings. The average Bonchev–Trinajstić information content (AvgIpc) is 2.88. The van der Waals surface area contributed by atoms with Gasteiger partial charge in [-0.05, 0) is 17.9 Å². The van der Waals surface area contributed by atoms with E-state index in [-0.39, 0.29) is 16.6 Å². The second-order valence-electron chi connectivity index (χ2n) is 3.93. The zero-order chi connectivity index (χ0) is 13.0. The first-order chi connectivity index (χ1) is 8.72. The molecule has 0 amide bonds. The number of halogens is 1. The van der Waals surface area contributed by atoms with Gasteiger partial charge in [0.2, 0.25) is 0 Å². The largest absolute Gasteiger partial charge is 0.375 e. The minimum atomic E-state index is -0.372. The number of H-pyrrole nitrogens is 1. The van der Waals surface area contributed by atoms with Crippen LogP contribution in [0.4, 0.5) is 5.69 Å². The van der Waals surface area contributed by atoms with Crippen molar-refractivity contribution in [3.63, 3.8) is 0 Å². The van der Waals surface area contributed by atoms with Gasteiger partial charge in [-0.15, -0.1) is 11.3 Å². The van der Waals surface area contributed by atoms with Crippen molar-refractivity contribution < 1.29 is 0 Å². The Balaban J connectivity index is 2.24. The van der Waals surface area contributed by atoms with Crippen LogP contribution in [0.1, 0.15) is 30.7 Å². The van der Waals surface area contributed by atoms with Crippen molar-refractivity contribution in [2.75, 3.05) is 5.32 Å². The Morgan fingerprint density at radius 3 is 3.11 bits per heavy atom. The van der Waals surface area contributed by atoms with E-state index in [9.17, 15) is 4.79 Å². The molecule has 0 aromatic carbocycles. The van der Waals surface area contributed by atoms with Crippen molar-refractivity contribution >= 4 is 28.6 Å². The minimum absolute atomic E-state index is 0.155. The Kier molecular flexibility index (Phi) is 4.38. The predicted octanol–water partition coefficient (Wildman–Crippen LogP) is 3.44. The Bertz CT molecular complexity index is 553. The van der Waals surface area contributed by atoms with Gasteiger partial charge in [-0.25, -0.2) is 5.10 Å². The van der Waals surface area contributed by atoms with E-state index >= 15 is 0 Å². The zero-order valence-electron chi connectivity index (χ0n) is 9.94. The van der Waals surface area contributed by atoms with E-state index in [2.05, 4.69) is 28.5 Å². The van der Waals surface area contributed by atoms with Crippen LogP contribution in [-0.2, 0) is 0 Å². The number of hydrogen-bond acceptors (Lipinski definition) is 4. The van der Waals surface area contributed by atoms with Crippen molar-refractivity contribution in [3.8, 4) is 0 Å². The van der Waals surface area contributed by atoms with Gasteiger partial charge in [0, 0.05) is 4.88 Å². The fourth-order valence-electron chi connectivity index (χ4n) is 1.74. The number of nitrogens with zero attached hydrogens (tertiary/aromatic N) is 1. The second-order valence-corrected chi connectivity index (χ2v) is 5.29. The lowest BCUT2D eigenvalue weighted by Crippen LogP contribution is -2.15. The highest BCUT2D eigenvalue weighted by Gasteiger charge is 2.14. The molecule has 0 aliphatic rings. The number of aromatic amines is 1. The molecule has 2 aromatic heterocycles.